The van der Waals surface area contributed by atoms with Crippen LogP contribution in [-0.4, -0.2) is 64.7 Å². The number of rotatable bonds is 0. The molecule has 1 spiro atoms. The molecule has 0 aromatic rings. The number of fused-ring (bicyclic) bond motifs is 9. The van der Waals surface area contributed by atoms with Crippen LogP contribution in [0, 0.1) is 40.9 Å². The van der Waals surface area contributed by atoms with Crippen molar-refractivity contribution in [3.63, 3.8) is 0 Å². The zero-order valence-corrected chi connectivity index (χ0v) is 20.3. The second-order valence-corrected chi connectivity index (χ2v) is 12.9. The lowest BCUT2D eigenvalue weighted by atomic mass is 9.51. The number of ketones is 1. The predicted molar refractivity (Wildman–Crippen MR) is 121 cm³/mol. The van der Waals surface area contributed by atoms with Gasteiger partial charge in [-0.2, -0.15) is 0 Å². The van der Waals surface area contributed by atoms with E-state index in [0.717, 1.165) is 37.0 Å². The second kappa shape index (κ2) is 6.70. The van der Waals surface area contributed by atoms with Crippen LogP contribution in [-0.2, 0) is 14.3 Å². The molecule has 7 aliphatic rings. The number of hydrogen-bond acceptors (Lipinski definition) is 6. The lowest BCUT2D eigenvalue weighted by Crippen LogP contribution is -2.59. The summed E-state index contributed by atoms with van der Waals surface area (Å²) >= 11 is 0. The van der Waals surface area contributed by atoms with Crippen molar-refractivity contribution in [3.05, 3.63) is 11.1 Å². The van der Waals surface area contributed by atoms with E-state index >= 15 is 0 Å². The van der Waals surface area contributed by atoms with Gasteiger partial charge in [0, 0.05) is 34.8 Å². The Balaban J connectivity index is 1.30. The van der Waals surface area contributed by atoms with E-state index in [9.17, 15) is 15.0 Å². The highest BCUT2D eigenvalue weighted by Crippen LogP contribution is 2.69. The number of Topliss-reactive ketones (excluding diaryl/α,β-unsaturated/α-hetero) is 1. The van der Waals surface area contributed by atoms with Gasteiger partial charge in [0.2, 0.25) is 0 Å². The quantitative estimate of drug-likeness (QED) is 0.483. The molecule has 33 heavy (non-hydrogen) atoms. The average molecular weight is 458 g/mol. The summed E-state index contributed by atoms with van der Waals surface area (Å²) in [5.41, 5.74) is 1.29. The first kappa shape index (κ1) is 21.5. The van der Waals surface area contributed by atoms with E-state index in [1.54, 1.807) is 0 Å². The molecule has 0 aromatic heterocycles. The summed E-state index contributed by atoms with van der Waals surface area (Å²) in [6, 6.07) is 0.354. The number of carbonyl (C=O) groups excluding carboxylic acids is 1. The maximum atomic E-state index is 14.3. The summed E-state index contributed by atoms with van der Waals surface area (Å²) < 4.78 is 13.2. The van der Waals surface area contributed by atoms with Crippen LogP contribution in [0.25, 0.3) is 0 Å². The number of aliphatic hydroxyl groups is 2. The zero-order chi connectivity index (χ0) is 23.0. The number of epoxide rings is 1. The molecule has 0 unspecified atom stereocenters. The fourth-order valence-corrected chi connectivity index (χ4v) is 9.85. The van der Waals surface area contributed by atoms with Crippen molar-refractivity contribution in [2.24, 2.45) is 40.9 Å². The van der Waals surface area contributed by atoms with Crippen LogP contribution in [0.1, 0.15) is 59.8 Å². The molecule has 182 valence electrons. The number of piperidine rings is 1. The molecule has 0 amide bonds. The minimum Gasteiger partial charge on any atom is -0.393 e. The van der Waals surface area contributed by atoms with Gasteiger partial charge in [-0.15, -0.1) is 0 Å². The first-order valence-electron chi connectivity index (χ1n) is 13.4. The molecule has 0 radical (unpaired) electrons. The van der Waals surface area contributed by atoms with Crippen molar-refractivity contribution in [1.82, 2.24) is 5.32 Å². The highest BCUT2D eigenvalue weighted by atomic mass is 16.6. The third kappa shape index (κ3) is 2.50. The van der Waals surface area contributed by atoms with Crippen LogP contribution in [0.4, 0.5) is 0 Å². The van der Waals surface area contributed by atoms with E-state index < -0.39 is 17.6 Å². The Bertz CT molecular complexity index is 933. The first-order valence-corrected chi connectivity index (χ1v) is 13.4. The van der Waals surface area contributed by atoms with Gasteiger partial charge in [-0.1, -0.05) is 20.8 Å². The smallest absolute Gasteiger partial charge is 0.163 e. The third-order valence-electron chi connectivity index (χ3n) is 11.6. The molecule has 3 N–H and O–H groups in total. The van der Waals surface area contributed by atoms with E-state index in [-0.39, 0.29) is 53.4 Å². The molecule has 6 nitrogen and oxygen atoms in total. The van der Waals surface area contributed by atoms with Crippen LogP contribution < -0.4 is 5.32 Å². The van der Waals surface area contributed by atoms with Gasteiger partial charge in [0.05, 0.1) is 36.1 Å². The summed E-state index contributed by atoms with van der Waals surface area (Å²) in [5, 5.41) is 25.4. The maximum Gasteiger partial charge on any atom is 0.163 e. The second-order valence-electron chi connectivity index (χ2n) is 12.9. The number of nitrogens with one attached hydrogen (secondary N) is 1. The van der Waals surface area contributed by atoms with E-state index in [4.69, 9.17) is 9.47 Å². The van der Waals surface area contributed by atoms with Crippen LogP contribution in [0.5, 0.6) is 0 Å². The number of aliphatic hydroxyl groups excluding tert-OH is 2. The van der Waals surface area contributed by atoms with Gasteiger partial charge in [0.15, 0.2) is 5.78 Å². The monoisotopic (exact) mass is 457 g/mol. The lowest BCUT2D eigenvalue weighted by molar-refractivity contribution is -0.154. The molecular formula is C27H39NO5. The van der Waals surface area contributed by atoms with E-state index in [0.29, 0.717) is 30.7 Å². The molecule has 3 heterocycles. The Kier molecular flexibility index (Phi) is 4.36. The largest absolute Gasteiger partial charge is 0.393 e. The SMILES string of the molecule is CC1=C2C(=O)[C@H]3[C@@H]([C@@H]4O[C@@H]4[C@@H]4C[C@H](O)C[C@@H](O)[C@@]43C)[C@@H]2CC[C@]12O[C@@H]1C[C@H](C)CN[C@H]1[C@H]2C. The normalized spacial score (nSPS) is 61.3. The Labute approximate surface area is 196 Å². The fraction of sp³-hybridized carbons (Fsp3) is 0.889. The van der Waals surface area contributed by atoms with Crippen LogP contribution in [0.15, 0.2) is 11.1 Å². The lowest BCUT2D eigenvalue weighted by Gasteiger charge is -2.53. The summed E-state index contributed by atoms with van der Waals surface area (Å²) in [7, 11) is 0. The van der Waals surface area contributed by atoms with Crippen molar-refractivity contribution >= 4 is 5.78 Å². The summed E-state index contributed by atoms with van der Waals surface area (Å²) in [5.74, 6) is 1.40. The highest BCUT2D eigenvalue weighted by Gasteiger charge is 2.74. The number of allylic oxidation sites excluding steroid dienone is 1. The average Bonchev–Trinajstić information content (AvgIpc) is 3.42. The molecule has 0 bridgehead atoms. The minimum absolute atomic E-state index is 0.0525. The predicted octanol–water partition coefficient (Wildman–Crippen LogP) is 2.22. The van der Waals surface area contributed by atoms with E-state index in [1.165, 1.54) is 0 Å². The minimum atomic E-state index is -0.668. The highest BCUT2D eigenvalue weighted by molar-refractivity contribution is 6.02. The Morgan fingerprint density at radius 3 is 2.70 bits per heavy atom. The molecule has 4 aliphatic carbocycles. The molecule has 7 rings (SSSR count). The molecular weight excluding hydrogens is 418 g/mol. The van der Waals surface area contributed by atoms with Gasteiger partial charge in [0.25, 0.3) is 0 Å². The number of carbonyl (C=O) groups is 1. The van der Waals surface area contributed by atoms with Gasteiger partial charge >= 0.3 is 0 Å². The molecule has 6 fully saturated rings. The topological polar surface area (TPSA) is 91.3 Å². The molecule has 3 saturated carbocycles. The van der Waals surface area contributed by atoms with Crippen LogP contribution in [0.2, 0.25) is 0 Å². The van der Waals surface area contributed by atoms with Gasteiger partial charge < -0.3 is 25.0 Å². The van der Waals surface area contributed by atoms with Gasteiger partial charge in [-0.25, -0.2) is 0 Å². The van der Waals surface area contributed by atoms with Crippen LogP contribution in [0.3, 0.4) is 0 Å². The fourth-order valence-electron chi connectivity index (χ4n) is 9.85. The van der Waals surface area contributed by atoms with Crippen molar-refractivity contribution in [2.75, 3.05) is 6.54 Å². The van der Waals surface area contributed by atoms with Crippen molar-refractivity contribution in [3.8, 4) is 0 Å². The summed E-state index contributed by atoms with van der Waals surface area (Å²) in [4.78, 5) is 14.3. The molecule has 3 aliphatic heterocycles. The van der Waals surface area contributed by atoms with Crippen molar-refractivity contribution in [2.45, 2.75) is 102 Å². The van der Waals surface area contributed by atoms with Crippen molar-refractivity contribution in [1.29, 1.82) is 0 Å². The summed E-state index contributed by atoms with van der Waals surface area (Å²) in [6.45, 7) is 9.91. The number of ether oxygens (including phenoxy) is 2. The van der Waals surface area contributed by atoms with Crippen molar-refractivity contribution < 1.29 is 24.5 Å². The zero-order valence-electron chi connectivity index (χ0n) is 20.3. The Hall–Kier alpha value is -0.790. The molecule has 0 aromatic carbocycles. The number of hydrogen-bond donors (Lipinski definition) is 3. The standard InChI is InChI=1S/C27H39NO5/c1-11-7-17-22(28-10-11)13(3)27(33-17)6-5-15-19(12(27)2)23(31)21-20(15)25-24(32-25)16-8-14(29)9-18(30)26(16,21)4/h11,13-18,20-22,24-25,28-30H,5-10H2,1-4H3/t11-,13+,14-,15+,16-,17+,18+,20-,21+,22-,24+,25-,26+,27-/m0/s1. The Morgan fingerprint density at radius 2 is 1.91 bits per heavy atom. The maximum absolute atomic E-state index is 14.3. The first-order chi connectivity index (χ1) is 15.7. The summed E-state index contributed by atoms with van der Waals surface area (Å²) in [6.07, 6.45) is 3.23. The van der Waals surface area contributed by atoms with Gasteiger partial charge in [-0.3, -0.25) is 4.79 Å². The van der Waals surface area contributed by atoms with E-state index in [2.05, 4.69) is 33.0 Å². The van der Waals surface area contributed by atoms with Gasteiger partial charge in [-0.05, 0) is 68.9 Å². The third-order valence-corrected chi connectivity index (χ3v) is 11.6. The molecule has 6 heteroatoms. The molecule has 3 saturated heterocycles. The van der Waals surface area contributed by atoms with E-state index in [1.807, 2.05) is 0 Å². The van der Waals surface area contributed by atoms with Crippen LogP contribution >= 0.6 is 0 Å². The Morgan fingerprint density at radius 1 is 1.12 bits per heavy atom. The molecule has 14 atom stereocenters. The van der Waals surface area contributed by atoms with Gasteiger partial charge in [0.1, 0.15) is 0 Å².